The highest BCUT2D eigenvalue weighted by atomic mass is 16.5. The molecule has 21 heavy (non-hydrogen) atoms. The van der Waals surface area contributed by atoms with Crippen molar-refractivity contribution in [1.29, 1.82) is 5.26 Å². The molecule has 114 valence electrons. The van der Waals surface area contributed by atoms with E-state index in [0.29, 0.717) is 11.3 Å². The van der Waals surface area contributed by atoms with Gasteiger partial charge in [0.25, 0.3) is 0 Å². The normalized spacial score (nSPS) is 15.9. The molecule has 1 fully saturated rings. The summed E-state index contributed by atoms with van der Waals surface area (Å²) in [6.07, 6.45) is 0. The Morgan fingerprint density at radius 3 is 2.81 bits per heavy atom. The second kappa shape index (κ2) is 7.99. The molecule has 1 aromatic rings. The zero-order chi connectivity index (χ0) is 15.1. The van der Waals surface area contributed by atoms with Gasteiger partial charge in [0, 0.05) is 45.8 Å². The van der Waals surface area contributed by atoms with Crippen LogP contribution in [0.25, 0.3) is 0 Å². The van der Waals surface area contributed by atoms with Crippen LogP contribution in [0.2, 0.25) is 0 Å². The Balaban J connectivity index is 1.84. The quantitative estimate of drug-likeness (QED) is 0.843. The van der Waals surface area contributed by atoms with Crippen LogP contribution >= 0.6 is 0 Å². The monoisotopic (exact) mass is 288 g/mol. The van der Waals surface area contributed by atoms with Crippen molar-refractivity contribution in [1.82, 2.24) is 15.1 Å². The Kier molecular flexibility index (Phi) is 6.00. The molecule has 0 spiro atoms. The van der Waals surface area contributed by atoms with Gasteiger partial charge in [-0.3, -0.25) is 4.90 Å². The average molecular weight is 288 g/mol. The number of nitriles is 1. The van der Waals surface area contributed by atoms with Crippen LogP contribution in [-0.4, -0.2) is 63.2 Å². The largest absolute Gasteiger partial charge is 0.495 e. The van der Waals surface area contributed by atoms with E-state index in [1.807, 2.05) is 18.2 Å². The van der Waals surface area contributed by atoms with E-state index in [1.54, 1.807) is 7.11 Å². The van der Waals surface area contributed by atoms with Crippen LogP contribution in [0.3, 0.4) is 0 Å². The molecule has 1 aromatic carbocycles. The van der Waals surface area contributed by atoms with Crippen LogP contribution in [0, 0.1) is 11.3 Å². The molecule has 1 N–H and O–H groups in total. The van der Waals surface area contributed by atoms with Crippen molar-refractivity contribution in [3.05, 3.63) is 29.3 Å². The molecule has 0 bridgehead atoms. The second-order valence-corrected chi connectivity index (χ2v) is 5.48. The summed E-state index contributed by atoms with van der Waals surface area (Å²) in [6, 6.07) is 8.00. The number of nitrogens with zero attached hydrogens (tertiary/aromatic N) is 3. The molecular weight excluding hydrogens is 264 g/mol. The van der Waals surface area contributed by atoms with Gasteiger partial charge >= 0.3 is 0 Å². The molecule has 0 amide bonds. The molecule has 0 aromatic heterocycles. The third kappa shape index (κ3) is 4.71. The molecule has 0 unspecified atom stereocenters. The summed E-state index contributed by atoms with van der Waals surface area (Å²) in [5, 5.41) is 12.5. The first kappa shape index (κ1) is 15.8. The molecule has 1 heterocycles. The Hall–Kier alpha value is -1.61. The fourth-order valence-electron chi connectivity index (χ4n) is 2.58. The van der Waals surface area contributed by atoms with Crippen molar-refractivity contribution in [3.8, 4) is 11.8 Å². The number of benzene rings is 1. The molecule has 0 saturated carbocycles. The smallest absolute Gasteiger partial charge is 0.136 e. The van der Waals surface area contributed by atoms with E-state index in [0.717, 1.165) is 51.4 Å². The van der Waals surface area contributed by atoms with Gasteiger partial charge in [0.1, 0.15) is 11.8 Å². The Bertz CT molecular complexity index is 492. The highest BCUT2D eigenvalue weighted by Crippen LogP contribution is 2.19. The number of rotatable bonds is 6. The summed E-state index contributed by atoms with van der Waals surface area (Å²) >= 11 is 0. The fraction of sp³-hybridized carbons (Fsp3) is 0.562. The van der Waals surface area contributed by atoms with E-state index in [4.69, 9.17) is 10.00 Å². The van der Waals surface area contributed by atoms with Crippen molar-refractivity contribution in [2.75, 3.05) is 53.4 Å². The SMILES string of the molecule is COc1ccc(CN(C)CCN2CCNCC2)cc1C#N. The highest BCUT2D eigenvalue weighted by molar-refractivity contribution is 5.45. The van der Waals surface area contributed by atoms with E-state index in [-0.39, 0.29) is 0 Å². The van der Waals surface area contributed by atoms with Crippen LogP contribution in [-0.2, 0) is 6.54 Å². The van der Waals surface area contributed by atoms with Crippen molar-refractivity contribution in [3.63, 3.8) is 0 Å². The lowest BCUT2D eigenvalue weighted by molar-refractivity contribution is 0.202. The summed E-state index contributed by atoms with van der Waals surface area (Å²) in [7, 11) is 3.72. The van der Waals surface area contributed by atoms with Crippen molar-refractivity contribution < 1.29 is 4.74 Å². The van der Waals surface area contributed by atoms with Gasteiger partial charge in [0.05, 0.1) is 12.7 Å². The van der Waals surface area contributed by atoms with Gasteiger partial charge in [0.15, 0.2) is 0 Å². The minimum atomic E-state index is 0.602. The molecular formula is C16H24N4O. The molecule has 2 rings (SSSR count). The lowest BCUT2D eigenvalue weighted by Crippen LogP contribution is -2.45. The second-order valence-electron chi connectivity index (χ2n) is 5.48. The van der Waals surface area contributed by atoms with E-state index in [1.165, 1.54) is 0 Å². The summed E-state index contributed by atoms with van der Waals surface area (Å²) in [6.45, 7) is 7.43. The highest BCUT2D eigenvalue weighted by Gasteiger charge is 2.11. The van der Waals surface area contributed by atoms with Crippen LogP contribution in [0.5, 0.6) is 5.75 Å². The third-order valence-corrected chi connectivity index (χ3v) is 3.84. The third-order valence-electron chi connectivity index (χ3n) is 3.84. The maximum Gasteiger partial charge on any atom is 0.136 e. The van der Waals surface area contributed by atoms with Crippen molar-refractivity contribution in [2.24, 2.45) is 0 Å². The number of nitrogens with one attached hydrogen (secondary N) is 1. The van der Waals surface area contributed by atoms with E-state index in [2.05, 4.69) is 28.2 Å². The minimum absolute atomic E-state index is 0.602. The molecule has 0 radical (unpaired) electrons. The number of ether oxygens (including phenoxy) is 1. The summed E-state index contributed by atoms with van der Waals surface area (Å²) in [5.41, 5.74) is 1.75. The van der Waals surface area contributed by atoms with Crippen LogP contribution in [0.4, 0.5) is 0 Å². The van der Waals surface area contributed by atoms with Crippen molar-refractivity contribution >= 4 is 0 Å². The van der Waals surface area contributed by atoms with Crippen LogP contribution in [0.1, 0.15) is 11.1 Å². The van der Waals surface area contributed by atoms with E-state index in [9.17, 15) is 0 Å². The van der Waals surface area contributed by atoms with E-state index < -0.39 is 0 Å². The molecule has 5 nitrogen and oxygen atoms in total. The number of hydrogen-bond donors (Lipinski definition) is 1. The standard InChI is InChI=1S/C16H24N4O/c1-19(9-10-20-7-5-18-6-8-20)13-14-3-4-16(21-2)15(11-14)12-17/h3-4,11,18H,5-10,13H2,1-2H3. The Labute approximate surface area is 127 Å². The van der Waals surface area contributed by atoms with Gasteiger partial charge in [-0.1, -0.05) is 6.07 Å². The molecule has 1 saturated heterocycles. The first-order valence-electron chi connectivity index (χ1n) is 7.41. The maximum absolute atomic E-state index is 9.13. The summed E-state index contributed by atoms with van der Waals surface area (Å²) in [5.74, 6) is 0.643. The lowest BCUT2D eigenvalue weighted by atomic mass is 10.1. The Morgan fingerprint density at radius 1 is 1.38 bits per heavy atom. The first-order valence-corrected chi connectivity index (χ1v) is 7.41. The van der Waals surface area contributed by atoms with Gasteiger partial charge in [-0.25, -0.2) is 0 Å². The van der Waals surface area contributed by atoms with E-state index >= 15 is 0 Å². The topological polar surface area (TPSA) is 51.5 Å². The predicted octanol–water partition coefficient (Wildman–Crippen LogP) is 0.904. The lowest BCUT2D eigenvalue weighted by Gasteiger charge is -2.29. The summed E-state index contributed by atoms with van der Waals surface area (Å²) in [4.78, 5) is 4.78. The first-order chi connectivity index (χ1) is 10.2. The van der Waals surface area contributed by atoms with Gasteiger partial charge < -0.3 is 15.0 Å². The minimum Gasteiger partial charge on any atom is -0.495 e. The number of hydrogen-bond acceptors (Lipinski definition) is 5. The van der Waals surface area contributed by atoms with Crippen molar-refractivity contribution in [2.45, 2.75) is 6.54 Å². The maximum atomic E-state index is 9.13. The fourth-order valence-corrected chi connectivity index (χ4v) is 2.58. The Morgan fingerprint density at radius 2 is 2.14 bits per heavy atom. The average Bonchev–Trinajstić information content (AvgIpc) is 2.53. The number of piperazine rings is 1. The van der Waals surface area contributed by atoms with Crippen LogP contribution in [0.15, 0.2) is 18.2 Å². The van der Waals surface area contributed by atoms with Gasteiger partial charge in [-0.15, -0.1) is 0 Å². The number of likely N-dealkylation sites (N-methyl/N-ethyl adjacent to an activating group) is 1. The molecule has 1 aliphatic rings. The molecule has 1 aliphatic heterocycles. The van der Waals surface area contributed by atoms with Crippen LogP contribution < -0.4 is 10.1 Å². The summed E-state index contributed by atoms with van der Waals surface area (Å²) < 4.78 is 5.17. The predicted molar refractivity (Wildman–Crippen MR) is 83.4 cm³/mol. The molecule has 0 aliphatic carbocycles. The number of methoxy groups -OCH3 is 1. The molecule has 5 heteroatoms. The molecule has 0 atom stereocenters. The zero-order valence-corrected chi connectivity index (χ0v) is 12.9. The van der Waals surface area contributed by atoms with Gasteiger partial charge in [-0.2, -0.15) is 5.26 Å². The zero-order valence-electron chi connectivity index (χ0n) is 12.9. The van der Waals surface area contributed by atoms with Gasteiger partial charge in [0.2, 0.25) is 0 Å². The van der Waals surface area contributed by atoms with Gasteiger partial charge in [-0.05, 0) is 24.7 Å².